The highest BCUT2D eigenvalue weighted by atomic mass is 16.6. The number of carboxylic acid groups (broad SMARTS) is 1. The van der Waals surface area contributed by atoms with Crippen molar-refractivity contribution in [3.05, 3.63) is 33.9 Å². The molecule has 6 nitrogen and oxygen atoms in total. The second kappa shape index (κ2) is 4.64. The third-order valence-electron chi connectivity index (χ3n) is 3.29. The summed E-state index contributed by atoms with van der Waals surface area (Å²) in [5, 5.41) is 20.2. The monoisotopic (exact) mass is 250 g/mol. The van der Waals surface area contributed by atoms with E-state index in [1.54, 1.807) is 12.1 Å². The molecule has 96 valence electrons. The number of carboxylic acids is 1. The molecular formula is C12H14N2O4. The molecule has 2 rings (SSSR count). The highest BCUT2D eigenvalue weighted by Crippen LogP contribution is 2.35. The number of para-hydroxylation sites is 1. The molecule has 0 aliphatic carbocycles. The Morgan fingerprint density at radius 1 is 1.56 bits per heavy atom. The molecule has 1 saturated heterocycles. The fraction of sp³-hybridized carbons (Fsp3) is 0.417. The van der Waals surface area contributed by atoms with Crippen LogP contribution in [0.4, 0.5) is 11.4 Å². The van der Waals surface area contributed by atoms with Crippen LogP contribution < -0.4 is 4.90 Å². The van der Waals surface area contributed by atoms with Gasteiger partial charge in [0.15, 0.2) is 0 Å². The number of anilines is 1. The van der Waals surface area contributed by atoms with Crippen LogP contribution in [0.15, 0.2) is 18.2 Å². The molecule has 0 spiro atoms. The number of benzene rings is 1. The van der Waals surface area contributed by atoms with E-state index in [2.05, 4.69) is 0 Å². The third-order valence-corrected chi connectivity index (χ3v) is 3.29. The van der Waals surface area contributed by atoms with Gasteiger partial charge in [0.25, 0.3) is 0 Å². The first-order chi connectivity index (χ1) is 8.52. The van der Waals surface area contributed by atoms with E-state index in [1.165, 1.54) is 6.07 Å². The van der Waals surface area contributed by atoms with Gasteiger partial charge in [-0.2, -0.15) is 0 Å². The number of carbonyl (C=O) groups is 1. The Kier molecular flexibility index (Phi) is 3.18. The average Bonchev–Trinajstić information content (AvgIpc) is 2.74. The van der Waals surface area contributed by atoms with E-state index in [0.717, 1.165) is 19.4 Å². The molecule has 0 radical (unpaired) electrons. The lowest BCUT2D eigenvalue weighted by atomic mass is 10.1. The van der Waals surface area contributed by atoms with Crippen molar-refractivity contribution < 1.29 is 14.8 Å². The second-order valence-corrected chi connectivity index (χ2v) is 4.42. The van der Waals surface area contributed by atoms with Gasteiger partial charge in [-0.05, 0) is 31.9 Å². The van der Waals surface area contributed by atoms with Gasteiger partial charge in [0.1, 0.15) is 11.3 Å². The summed E-state index contributed by atoms with van der Waals surface area (Å²) in [6.45, 7) is 2.72. The van der Waals surface area contributed by atoms with Crippen LogP contribution in [-0.4, -0.2) is 28.6 Å². The molecule has 1 aromatic rings. The van der Waals surface area contributed by atoms with Crippen LogP contribution in [0.3, 0.4) is 0 Å². The SMILES string of the molecule is CC1CCCN1c1cccc(C(=O)O)c1[N+](=O)[O-]. The van der Waals surface area contributed by atoms with Crippen molar-refractivity contribution in [2.75, 3.05) is 11.4 Å². The van der Waals surface area contributed by atoms with Crippen LogP contribution in [0.5, 0.6) is 0 Å². The van der Waals surface area contributed by atoms with E-state index in [-0.39, 0.29) is 17.3 Å². The number of nitrogens with zero attached hydrogens (tertiary/aromatic N) is 2. The maximum absolute atomic E-state index is 11.1. The van der Waals surface area contributed by atoms with Gasteiger partial charge in [0, 0.05) is 12.6 Å². The molecule has 0 aromatic heterocycles. The number of nitro groups is 1. The van der Waals surface area contributed by atoms with E-state index in [9.17, 15) is 14.9 Å². The molecule has 1 atom stereocenters. The quantitative estimate of drug-likeness (QED) is 0.657. The van der Waals surface area contributed by atoms with Crippen LogP contribution in [0.1, 0.15) is 30.1 Å². The molecule has 18 heavy (non-hydrogen) atoms. The first-order valence-electron chi connectivity index (χ1n) is 5.79. The molecule has 1 aliphatic rings. The third kappa shape index (κ3) is 2.01. The van der Waals surface area contributed by atoms with Crippen LogP contribution in [-0.2, 0) is 0 Å². The predicted octanol–water partition coefficient (Wildman–Crippen LogP) is 2.28. The fourth-order valence-electron chi connectivity index (χ4n) is 2.42. The van der Waals surface area contributed by atoms with Crippen LogP contribution >= 0.6 is 0 Å². The highest BCUT2D eigenvalue weighted by molar-refractivity contribution is 5.95. The van der Waals surface area contributed by atoms with Crippen molar-refractivity contribution in [2.45, 2.75) is 25.8 Å². The Morgan fingerprint density at radius 3 is 2.78 bits per heavy atom. The molecule has 1 fully saturated rings. The Labute approximate surface area is 104 Å². The lowest BCUT2D eigenvalue weighted by molar-refractivity contribution is -0.384. The molecule has 1 unspecified atom stereocenters. The molecule has 0 saturated carbocycles. The van der Waals surface area contributed by atoms with E-state index in [0.29, 0.717) is 5.69 Å². The van der Waals surface area contributed by atoms with Gasteiger partial charge < -0.3 is 10.0 Å². The van der Waals surface area contributed by atoms with Gasteiger partial charge in [-0.1, -0.05) is 6.07 Å². The smallest absolute Gasteiger partial charge is 0.342 e. The zero-order valence-corrected chi connectivity index (χ0v) is 10.00. The number of hydrogen-bond acceptors (Lipinski definition) is 4. The Hall–Kier alpha value is -2.11. The van der Waals surface area contributed by atoms with Crippen LogP contribution in [0.2, 0.25) is 0 Å². The number of hydrogen-bond donors (Lipinski definition) is 1. The Morgan fingerprint density at radius 2 is 2.28 bits per heavy atom. The van der Waals surface area contributed by atoms with E-state index < -0.39 is 10.9 Å². The maximum atomic E-state index is 11.1. The van der Waals surface area contributed by atoms with Gasteiger partial charge in [0.05, 0.1) is 4.92 Å². The summed E-state index contributed by atoms with van der Waals surface area (Å²) in [7, 11) is 0. The first-order valence-corrected chi connectivity index (χ1v) is 5.79. The van der Waals surface area contributed by atoms with Crippen LogP contribution in [0.25, 0.3) is 0 Å². The van der Waals surface area contributed by atoms with Crippen molar-refractivity contribution in [2.24, 2.45) is 0 Å². The molecule has 1 aromatic carbocycles. The fourth-order valence-corrected chi connectivity index (χ4v) is 2.42. The number of aromatic carboxylic acids is 1. The van der Waals surface area contributed by atoms with E-state index in [1.807, 2.05) is 11.8 Å². The summed E-state index contributed by atoms with van der Waals surface area (Å²) in [6, 6.07) is 4.64. The summed E-state index contributed by atoms with van der Waals surface area (Å²) in [5.41, 5.74) is -0.153. The highest BCUT2D eigenvalue weighted by Gasteiger charge is 2.31. The lowest BCUT2D eigenvalue weighted by Crippen LogP contribution is -2.27. The zero-order chi connectivity index (χ0) is 13.3. The first kappa shape index (κ1) is 12.3. The normalized spacial score (nSPS) is 18.9. The van der Waals surface area contributed by atoms with Gasteiger partial charge in [-0.25, -0.2) is 4.79 Å². The molecule has 1 heterocycles. The minimum absolute atomic E-state index is 0.202. The standard InChI is InChI=1S/C12H14N2O4/c1-8-4-3-7-13(8)10-6-2-5-9(12(15)16)11(10)14(17)18/h2,5-6,8H,3-4,7H2,1H3,(H,15,16). The second-order valence-electron chi connectivity index (χ2n) is 4.42. The Balaban J connectivity index is 2.56. The summed E-state index contributed by atoms with van der Waals surface area (Å²) < 4.78 is 0. The van der Waals surface area contributed by atoms with Gasteiger partial charge in [-0.3, -0.25) is 10.1 Å². The maximum Gasteiger partial charge on any atom is 0.342 e. The number of nitro benzene ring substituents is 1. The van der Waals surface area contributed by atoms with Crippen molar-refractivity contribution in [3.8, 4) is 0 Å². The van der Waals surface area contributed by atoms with Crippen LogP contribution in [0, 0.1) is 10.1 Å². The van der Waals surface area contributed by atoms with Gasteiger partial charge in [0.2, 0.25) is 0 Å². The molecule has 0 amide bonds. The summed E-state index contributed by atoms with van der Waals surface area (Å²) in [4.78, 5) is 23.5. The van der Waals surface area contributed by atoms with E-state index in [4.69, 9.17) is 5.11 Å². The number of rotatable bonds is 3. The summed E-state index contributed by atoms with van der Waals surface area (Å²) >= 11 is 0. The van der Waals surface area contributed by atoms with Gasteiger partial charge >= 0.3 is 11.7 Å². The minimum Gasteiger partial charge on any atom is -0.477 e. The van der Waals surface area contributed by atoms with Crippen molar-refractivity contribution >= 4 is 17.3 Å². The molecular weight excluding hydrogens is 236 g/mol. The molecule has 6 heteroatoms. The van der Waals surface area contributed by atoms with Crippen molar-refractivity contribution in [1.82, 2.24) is 0 Å². The van der Waals surface area contributed by atoms with Crippen molar-refractivity contribution in [1.29, 1.82) is 0 Å². The molecule has 0 bridgehead atoms. The van der Waals surface area contributed by atoms with Crippen molar-refractivity contribution in [3.63, 3.8) is 0 Å². The predicted molar refractivity (Wildman–Crippen MR) is 66.1 cm³/mol. The lowest BCUT2D eigenvalue weighted by Gasteiger charge is -2.23. The minimum atomic E-state index is -1.27. The summed E-state index contributed by atoms with van der Waals surface area (Å²) in [5.74, 6) is -1.27. The molecule has 1 N–H and O–H groups in total. The topological polar surface area (TPSA) is 83.7 Å². The summed E-state index contributed by atoms with van der Waals surface area (Å²) in [6.07, 6.45) is 1.93. The van der Waals surface area contributed by atoms with Gasteiger partial charge in [-0.15, -0.1) is 0 Å². The Bertz CT molecular complexity index is 501. The average molecular weight is 250 g/mol. The largest absolute Gasteiger partial charge is 0.477 e. The van der Waals surface area contributed by atoms with E-state index >= 15 is 0 Å². The molecule has 1 aliphatic heterocycles. The zero-order valence-electron chi connectivity index (χ0n) is 10.00.